The van der Waals surface area contributed by atoms with Crippen LogP contribution in [0, 0.1) is 5.92 Å². The molecule has 1 fully saturated rings. The van der Waals surface area contributed by atoms with Crippen LogP contribution < -0.4 is 0 Å². The zero-order chi connectivity index (χ0) is 15.7. The average molecular weight is 372 g/mol. The average Bonchev–Trinajstić information content (AvgIpc) is 2.47. The van der Waals surface area contributed by atoms with Crippen LogP contribution in [0.2, 0.25) is 0 Å². The molecule has 0 N–H and O–H groups in total. The minimum Gasteiger partial charge on any atom is -0.299 e. The van der Waals surface area contributed by atoms with E-state index in [4.69, 9.17) is 0 Å². The highest BCUT2D eigenvalue weighted by Gasteiger charge is 2.40. The number of rotatable bonds is 2. The fourth-order valence-electron chi connectivity index (χ4n) is 3.16. The van der Waals surface area contributed by atoms with Crippen molar-refractivity contribution in [2.45, 2.75) is 25.6 Å². The summed E-state index contributed by atoms with van der Waals surface area (Å²) < 4.78 is 39.2. The molecule has 1 aliphatic rings. The van der Waals surface area contributed by atoms with Crippen molar-refractivity contribution in [3.8, 4) is 0 Å². The van der Waals surface area contributed by atoms with Crippen LogP contribution in [0.15, 0.2) is 40.9 Å². The predicted molar refractivity (Wildman–Crippen MR) is 85.7 cm³/mol. The van der Waals surface area contributed by atoms with Gasteiger partial charge in [0.1, 0.15) is 0 Å². The number of nitrogens with zero attached hydrogens (tertiary/aromatic N) is 1. The van der Waals surface area contributed by atoms with Crippen molar-refractivity contribution in [1.82, 2.24) is 4.90 Å². The first kappa shape index (κ1) is 15.8. The van der Waals surface area contributed by atoms with Crippen LogP contribution in [-0.2, 0) is 6.54 Å². The predicted octanol–water partition coefficient (Wildman–Crippen LogP) is 5.38. The Morgan fingerprint density at radius 1 is 1.05 bits per heavy atom. The van der Waals surface area contributed by atoms with Crippen molar-refractivity contribution in [2.24, 2.45) is 5.92 Å². The fraction of sp³-hybridized carbons (Fsp3) is 0.412. The minimum atomic E-state index is -4.05. The van der Waals surface area contributed by atoms with E-state index < -0.39 is 12.1 Å². The van der Waals surface area contributed by atoms with E-state index in [9.17, 15) is 13.2 Å². The van der Waals surface area contributed by atoms with Crippen molar-refractivity contribution in [3.05, 3.63) is 46.4 Å². The van der Waals surface area contributed by atoms with Gasteiger partial charge in [-0.15, -0.1) is 0 Å². The van der Waals surface area contributed by atoms with Gasteiger partial charge >= 0.3 is 6.18 Å². The monoisotopic (exact) mass is 371 g/mol. The molecule has 5 heteroatoms. The molecular formula is C17H17BrF3N. The summed E-state index contributed by atoms with van der Waals surface area (Å²) in [5.41, 5.74) is 1.16. The third-order valence-corrected chi connectivity index (χ3v) is 5.05. The van der Waals surface area contributed by atoms with E-state index in [1.807, 2.05) is 18.2 Å². The molecule has 0 aliphatic carbocycles. The van der Waals surface area contributed by atoms with Gasteiger partial charge in [0.15, 0.2) is 0 Å². The van der Waals surface area contributed by atoms with Crippen molar-refractivity contribution < 1.29 is 13.2 Å². The second-order valence-electron chi connectivity index (χ2n) is 5.85. The lowest BCUT2D eigenvalue weighted by molar-refractivity contribution is -0.185. The largest absolute Gasteiger partial charge is 0.391 e. The van der Waals surface area contributed by atoms with Crippen LogP contribution in [0.3, 0.4) is 0 Å². The van der Waals surface area contributed by atoms with Gasteiger partial charge in [-0.05, 0) is 42.9 Å². The summed E-state index contributed by atoms with van der Waals surface area (Å²) in [7, 11) is 0. The normalized spacial score (nSPS) is 18.0. The second-order valence-corrected chi connectivity index (χ2v) is 6.70. The van der Waals surface area contributed by atoms with E-state index >= 15 is 0 Å². The fourth-order valence-corrected chi connectivity index (χ4v) is 3.80. The van der Waals surface area contributed by atoms with Gasteiger partial charge in [-0.2, -0.15) is 13.2 Å². The lowest BCUT2D eigenvalue weighted by Crippen LogP contribution is -2.38. The van der Waals surface area contributed by atoms with E-state index in [-0.39, 0.29) is 12.8 Å². The van der Waals surface area contributed by atoms with Gasteiger partial charge in [0.2, 0.25) is 0 Å². The van der Waals surface area contributed by atoms with Gasteiger partial charge in [0, 0.05) is 16.4 Å². The first-order valence-corrected chi connectivity index (χ1v) is 8.19. The number of hydrogen-bond acceptors (Lipinski definition) is 1. The molecule has 0 unspecified atom stereocenters. The molecule has 1 saturated heterocycles. The summed E-state index contributed by atoms with van der Waals surface area (Å²) in [6.45, 7) is 1.71. The molecule has 0 spiro atoms. The molecule has 1 aliphatic heterocycles. The van der Waals surface area contributed by atoms with Crippen LogP contribution in [0.1, 0.15) is 18.4 Å². The zero-order valence-corrected chi connectivity index (χ0v) is 13.6. The van der Waals surface area contributed by atoms with Crippen LogP contribution in [0.4, 0.5) is 13.2 Å². The third-order valence-electron chi connectivity index (χ3n) is 4.38. The van der Waals surface area contributed by atoms with Gasteiger partial charge in [-0.1, -0.05) is 46.3 Å². The van der Waals surface area contributed by atoms with Crippen molar-refractivity contribution in [3.63, 3.8) is 0 Å². The molecule has 0 aromatic heterocycles. The highest BCUT2D eigenvalue weighted by molar-refractivity contribution is 9.10. The van der Waals surface area contributed by atoms with E-state index in [0.29, 0.717) is 19.6 Å². The summed E-state index contributed by atoms with van der Waals surface area (Å²) >= 11 is 3.58. The van der Waals surface area contributed by atoms with Gasteiger partial charge in [0.25, 0.3) is 0 Å². The molecule has 0 atom stereocenters. The molecule has 1 heterocycles. The summed E-state index contributed by atoms with van der Waals surface area (Å²) in [5.74, 6) is -1.14. The van der Waals surface area contributed by atoms with E-state index in [1.54, 1.807) is 0 Å². The Bertz CT molecular complexity index is 655. The molecule has 118 valence electrons. The molecule has 0 radical (unpaired) electrons. The maximum Gasteiger partial charge on any atom is 0.391 e. The molecule has 2 aromatic rings. The zero-order valence-electron chi connectivity index (χ0n) is 12.0. The van der Waals surface area contributed by atoms with Crippen LogP contribution in [0.25, 0.3) is 10.8 Å². The van der Waals surface area contributed by atoms with Gasteiger partial charge < -0.3 is 0 Å². The Morgan fingerprint density at radius 2 is 1.68 bits per heavy atom. The Morgan fingerprint density at radius 3 is 2.32 bits per heavy atom. The first-order chi connectivity index (χ1) is 10.4. The highest BCUT2D eigenvalue weighted by atomic mass is 79.9. The highest BCUT2D eigenvalue weighted by Crippen LogP contribution is 2.35. The van der Waals surface area contributed by atoms with Gasteiger partial charge in [-0.3, -0.25) is 4.90 Å². The van der Waals surface area contributed by atoms with Crippen molar-refractivity contribution in [1.29, 1.82) is 0 Å². The smallest absolute Gasteiger partial charge is 0.299 e. The van der Waals surface area contributed by atoms with Crippen LogP contribution in [0.5, 0.6) is 0 Å². The van der Waals surface area contributed by atoms with Crippen LogP contribution >= 0.6 is 15.9 Å². The number of benzene rings is 2. The lowest BCUT2D eigenvalue weighted by atomic mass is 9.95. The SMILES string of the molecule is FC(F)(F)C1CCN(Cc2cccc3cccc(Br)c23)CC1. The molecule has 0 amide bonds. The Balaban J connectivity index is 1.75. The standard InChI is InChI=1S/C17H17BrF3N/c18-15-6-2-4-12-3-1-5-13(16(12)15)11-22-9-7-14(8-10-22)17(19,20)21/h1-6,14H,7-11H2. The molecule has 0 bridgehead atoms. The first-order valence-electron chi connectivity index (χ1n) is 7.40. The van der Waals surface area contributed by atoms with Crippen molar-refractivity contribution >= 4 is 26.7 Å². The molecule has 3 rings (SSSR count). The topological polar surface area (TPSA) is 3.24 Å². The summed E-state index contributed by atoms with van der Waals surface area (Å²) in [6, 6.07) is 12.2. The molecule has 2 aromatic carbocycles. The number of piperidine rings is 1. The number of fused-ring (bicyclic) bond motifs is 1. The number of hydrogen-bond donors (Lipinski definition) is 0. The Labute approximate surface area is 136 Å². The number of likely N-dealkylation sites (tertiary alicyclic amines) is 1. The van der Waals surface area contributed by atoms with Crippen molar-refractivity contribution in [2.75, 3.05) is 13.1 Å². The van der Waals surface area contributed by atoms with E-state index in [2.05, 4.69) is 39.0 Å². The maximum absolute atomic E-state index is 12.7. The molecular weight excluding hydrogens is 355 g/mol. The molecule has 0 saturated carbocycles. The van der Waals surface area contributed by atoms with Gasteiger partial charge in [-0.25, -0.2) is 0 Å². The van der Waals surface area contributed by atoms with E-state index in [1.165, 1.54) is 0 Å². The Hall–Kier alpha value is -1.07. The maximum atomic E-state index is 12.7. The molecule has 1 nitrogen and oxygen atoms in total. The minimum absolute atomic E-state index is 0.204. The van der Waals surface area contributed by atoms with E-state index in [0.717, 1.165) is 20.8 Å². The quantitative estimate of drug-likeness (QED) is 0.685. The summed E-state index contributed by atoms with van der Waals surface area (Å²) in [5, 5.41) is 2.31. The summed E-state index contributed by atoms with van der Waals surface area (Å²) in [4.78, 5) is 2.12. The number of alkyl halides is 3. The number of halogens is 4. The lowest BCUT2D eigenvalue weighted by Gasteiger charge is -2.33. The summed E-state index contributed by atoms with van der Waals surface area (Å²) in [6.07, 6.45) is -3.64. The third kappa shape index (κ3) is 3.30. The van der Waals surface area contributed by atoms with Gasteiger partial charge in [0.05, 0.1) is 5.92 Å². The molecule has 22 heavy (non-hydrogen) atoms. The second kappa shape index (κ2) is 6.20. The Kier molecular flexibility index (Phi) is 4.46. The van der Waals surface area contributed by atoms with Crippen LogP contribution in [-0.4, -0.2) is 24.2 Å².